The topological polar surface area (TPSA) is 86.7 Å². The fourth-order valence-electron chi connectivity index (χ4n) is 0.694. The second-order valence-corrected chi connectivity index (χ2v) is 3.00. The summed E-state index contributed by atoms with van der Waals surface area (Å²) in [5.74, 6) is -1.40. The van der Waals surface area contributed by atoms with Crippen LogP contribution in [0.1, 0.15) is 19.3 Å². The predicted molar refractivity (Wildman–Crippen MR) is 48.7 cm³/mol. The smallest absolute Gasteiger partial charge is 0.323 e. The highest BCUT2D eigenvalue weighted by Crippen LogP contribution is 1.95. The number of carboxylic acids is 1. The van der Waals surface area contributed by atoms with Gasteiger partial charge in [-0.1, -0.05) is 0 Å². The molecule has 0 rings (SSSR count). The van der Waals surface area contributed by atoms with Gasteiger partial charge in [-0.25, -0.2) is 4.79 Å². The number of hydrogen-bond donors (Lipinski definition) is 2. The van der Waals surface area contributed by atoms with E-state index in [2.05, 4.69) is 5.32 Å². The third kappa shape index (κ3) is 5.99. The van der Waals surface area contributed by atoms with Crippen molar-refractivity contribution in [2.75, 3.05) is 14.1 Å². The number of hydrogen-bond acceptors (Lipinski definition) is 3. The number of nitrogens with one attached hydrogen (secondary N) is 1. The fraction of sp³-hybridized carbons (Fsp3) is 0.625. The number of urea groups is 1. The molecule has 0 fully saturated rings. The molecule has 0 bridgehead atoms. The van der Waals surface area contributed by atoms with E-state index >= 15 is 0 Å². The average Bonchev–Trinajstić information content (AvgIpc) is 2.02. The number of carbonyl (C=O) groups is 3. The minimum absolute atomic E-state index is 0.0475. The molecule has 0 aliphatic heterocycles. The van der Waals surface area contributed by atoms with Crippen LogP contribution in [0.25, 0.3) is 0 Å². The van der Waals surface area contributed by atoms with Gasteiger partial charge in [0.25, 0.3) is 0 Å². The summed E-state index contributed by atoms with van der Waals surface area (Å²) in [6.07, 6.45) is 0.220. The molecule has 0 spiro atoms. The fourth-order valence-corrected chi connectivity index (χ4v) is 0.694. The Morgan fingerprint density at radius 3 is 2.21 bits per heavy atom. The molecule has 6 nitrogen and oxygen atoms in total. The maximum absolute atomic E-state index is 11.0. The van der Waals surface area contributed by atoms with Gasteiger partial charge in [-0.3, -0.25) is 14.9 Å². The van der Waals surface area contributed by atoms with E-state index in [9.17, 15) is 14.4 Å². The molecule has 0 aromatic rings. The van der Waals surface area contributed by atoms with Crippen LogP contribution >= 0.6 is 0 Å². The van der Waals surface area contributed by atoms with Crippen LogP contribution in [-0.4, -0.2) is 42.0 Å². The van der Waals surface area contributed by atoms with Crippen LogP contribution in [0.5, 0.6) is 0 Å². The van der Waals surface area contributed by atoms with Gasteiger partial charge in [0.05, 0.1) is 0 Å². The molecule has 0 heterocycles. The lowest BCUT2D eigenvalue weighted by Gasteiger charge is -2.10. The van der Waals surface area contributed by atoms with Crippen LogP contribution in [0.4, 0.5) is 4.79 Å². The van der Waals surface area contributed by atoms with Crippen LogP contribution in [0.3, 0.4) is 0 Å². The maximum Gasteiger partial charge on any atom is 0.323 e. The lowest BCUT2D eigenvalue weighted by molar-refractivity contribution is -0.137. The van der Waals surface area contributed by atoms with Crippen molar-refractivity contribution >= 4 is 17.9 Å². The number of carbonyl (C=O) groups excluding carboxylic acids is 2. The number of rotatable bonds is 4. The van der Waals surface area contributed by atoms with Crippen LogP contribution in [-0.2, 0) is 9.59 Å². The van der Waals surface area contributed by atoms with Crippen LogP contribution in [0.2, 0.25) is 0 Å². The molecule has 0 radical (unpaired) electrons. The first kappa shape index (κ1) is 12.4. The van der Waals surface area contributed by atoms with Crippen molar-refractivity contribution in [3.8, 4) is 0 Å². The van der Waals surface area contributed by atoms with Crippen molar-refractivity contribution in [1.82, 2.24) is 10.2 Å². The summed E-state index contributed by atoms with van der Waals surface area (Å²) in [6.45, 7) is 0. The molecule has 0 atom stereocenters. The second kappa shape index (κ2) is 5.95. The standard InChI is InChI=1S/C8H14N2O4/c1-10(2)8(14)9-6(11)4-3-5-7(12)13/h3-5H2,1-2H3,(H,12,13)(H,9,11,14). The highest BCUT2D eigenvalue weighted by Gasteiger charge is 2.09. The molecule has 0 aliphatic rings. The number of carboxylic acid groups (broad SMARTS) is 1. The van der Waals surface area contributed by atoms with E-state index in [0.29, 0.717) is 0 Å². The Balaban J connectivity index is 3.66. The maximum atomic E-state index is 11.0. The van der Waals surface area contributed by atoms with E-state index in [0.717, 1.165) is 0 Å². The summed E-state index contributed by atoms with van der Waals surface area (Å²) in [5, 5.41) is 10.4. The van der Waals surface area contributed by atoms with Crippen molar-refractivity contribution in [3.63, 3.8) is 0 Å². The molecule has 0 saturated carbocycles. The highest BCUT2D eigenvalue weighted by atomic mass is 16.4. The molecule has 80 valence electrons. The van der Waals surface area contributed by atoms with Crippen LogP contribution in [0.15, 0.2) is 0 Å². The van der Waals surface area contributed by atoms with Gasteiger partial charge in [0.1, 0.15) is 0 Å². The van der Waals surface area contributed by atoms with E-state index in [-0.39, 0.29) is 19.3 Å². The first-order chi connectivity index (χ1) is 6.43. The predicted octanol–water partition coefficient (Wildman–Crippen LogP) is 0.0391. The van der Waals surface area contributed by atoms with Gasteiger partial charge in [0.2, 0.25) is 5.91 Å². The molecule has 0 aromatic carbocycles. The number of aliphatic carboxylic acids is 1. The van der Waals surface area contributed by atoms with Crippen molar-refractivity contribution in [1.29, 1.82) is 0 Å². The van der Waals surface area contributed by atoms with Gasteiger partial charge < -0.3 is 10.0 Å². The van der Waals surface area contributed by atoms with Crippen molar-refractivity contribution in [2.45, 2.75) is 19.3 Å². The largest absolute Gasteiger partial charge is 0.481 e. The summed E-state index contributed by atoms with van der Waals surface area (Å²) in [5.41, 5.74) is 0. The molecule has 0 saturated heterocycles. The van der Waals surface area contributed by atoms with Crippen molar-refractivity contribution < 1.29 is 19.5 Å². The lowest BCUT2D eigenvalue weighted by atomic mass is 10.2. The molecule has 6 heteroatoms. The molecule has 14 heavy (non-hydrogen) atoms. The number of amides is 3. The summed E-state index contributed by atoms with van der Waals surface area (Å²) >= 11 is 0. The first-order valence-corrected chi connectivity index (χ1v) is 4.16. The Kier molecular flexibility index (Phi) is 5.28. The summed E-state index contributed by atoms with van der Waals surface area (Å²) in [6, 6.07) is -0.495. The second-order valence-electron chi connectivity index (χ2n) is 3.00. The Morgan fingerprint density at radius 2 is 1.79 bits per heavy atom. The zero-order valence-corrected chi connectivity index (χ0v) is 8.24. The minimum atomic E-state index is -0.947. The van der Waals surface area contributed by atoms with E-state index in [1.54, 1.807) is 0 Å². The van der Waals surface area contributed by atoms with E-state index in [1.165, 1.54) is 19.0 Å². The van der Waals surface area contributed by atoms with Crippen molar-refractivity contribution in [3.05, 3.63) is 0 Å². The zero-order valence-electron chi connectivity index (χ0n) is 8.24. The highest BCUT2D eigenvalue weighted by molar-refractivity contribution is 5.94. The minimum Gasteiger partial charge on any atom is -0.481 e. The molecule has 2 N–H and O–H groups in total. The van der Waals surface area contributed by atoms with Gasteiger partial charge in [0, 0.05) is 26.9 Å². The molecule has 0 aromatic heterocycles. The lowest BCUT2D eigenvalue weighted by Crippen LogP contribution is -2.38. The van der Waals surface area contributed by atoms with Gasteiger partial charge in [-0.05, 0) is 6.42 Å². The monoisotopic (exact) mass is 202 g/mol. The van der Waals surface area contributed by atoms with Gasteiger partial charge >= 0.3 is 12.0 Å². The quantitative estimate of drug-likeness (QED) is 0.673. The summed E-state index contributed by atoms with van der Waals surface area (Å²) in [7, 11) is 3.03. The Labute approximate surface area is 81.9 Å². The average molecular weight is 202 g/mol. The molecular formula is C8H14N2O4. The number of imide groups is 1. The summed E-state index contributed by atoms with van der Waals surface area (Å²) < 4.78 is 0. The van der Waals surface area contributed by atoms with Crippen molar-refractivity contribution in [2.24, 2.45) is 0 Å². The summed E-state index contributed by atoms with van der Waals surface area (Å²) in [4.78, 5) is 33.3. The van der Waals surface area contributed by atoms with E-state index in [4.69, 9.17) is 5.11 Å². The molecular weight excluding hydrogens is 188 g/mol. The van der Waals surface area contributed by atoms with E-state index < -0.39 is 17.9 Å². The first-order valence-electron chi connectivity index (χ1n) is 4.16. The Hall–Kier alpha value is -1.59. The zero-order chi connectivity index (χ0) is 11.1. The third-order valence-electron chi connectivity index (χ3n) is 1.45. The van der Waals surface area contributed by atoms with Crippen LogP contribution < -0.4 is 5.32 Å². The normalized spacial score (nSPS) is 9.29. The van der Waals surface area contributed by atoms with Gasteiger partial charge in [-0.15, -0.1) is 0 Å². The SMILES string of the molecule is CN(C)C(=O)NC(=O)CCCC(=O)O. The van der Waals surface area contributed by atoms with Crippen LogP contribution in [0, 0.1) is 0 Å². The Morgan fingerprint density at radius 1 is 1.21 bits per heavy atom. The molecule has 0 unspecified atom stereocenters. The molecule has 3 amide bonds. The molecule has 0 aliphatic carbocycles. The third-order valence-corrected chi connectivity index (χ3v) is 1.45. The number of nitrogens with zero attached hydrogens (tertiary/aromatic N) is 1. The van der Waals surface area contributed by atoms with Gasteiger partial charge in [0.15, 0.2) is 0 Å². The van der Waals surface area contributed by atoms with E-state index in [1.807, 2.05) is 0 Å². The Bertz CT molecular complexity index is 237. The van der Waals surface area contributed by atoms with Gasteiger partial charge in [-0.2, -0.15) is 0 Å².